The van der Waals surface area contributed by atoms with Gasteiger partial charge in [-0.15, -0.1) is 0 Å². The summed E-state index contributed by atoms with van der Waals surface area (Å²) in [7, 11) is 1.56. The molecule has 0 spiro atoms. The van der Waals surface area contributed by atoms with Crippen LogP contribution in [0.1, 0.15) is 25.7 Å². The number of amides is 2. The highest BCUT2D eigenvalue weighted by atomic mass is 16.5. The summed E-state index contributed by atoms with van der Waals surface area (Å²) in [6.45, 7) is 0.618. The van der Waals surface area contributed by atoms with Gasteiger partial charge in [0.15, 0.2) is 0 Å². The standard InChI is InChI=1S/C10H21N3O3/c1-11-10(15)13-7-16-6-12-8-2-4-9(14)5-3-8/h8-9,12,14H,2-7H2,1H3,(H2,11,13,15). The molecule has 0 heterocycles. The Morgan fingerprint density at radius 3 is 2.62 bits per heavy atom. The maximum absolute atomic E-state index is 10.8. The summed E-state index contributed by atoms with van der Waals surface area (Å²) in [5.41, 5.74) is 0. The Labute approximate surface area is 95.7 Å². The van der Waals surface area contributed by atoms with Crippen LogP contribution >= 0.6 is 0 Å². The van der Waals surface area contributed by atoms with E-state index in [1.807, 2.05) is 0 Å². The Balaban J connectivity index is 1.93. The van der Waals surface area contributed by atoms with E-state index in [2.05, 4.69) is 16.0 Å². The van der Waals surface area contributed by atoms with Gasteiger partial charge in [0, 0.05) is 13.1 Å². The third-order valence-electron chi connectivity index (χ3n) is 2.73. The summed E-state index contributed by atoms with van der Waals surface area (Å²) in [5.74, 6) is 0. The minimum Gasteiger partial charge on any atom is -0.393 e. The second-order valence-corrected chi connectivity index (χ2v) is 3.96. The molecule has 4 N–H and O–H groups in total. The summed E-state index contributed by atoms with van der Waals surface area (Å²) in [6.07, 6.45) is 3.54. The molecule has 1 saturated carbocycles. The maximum Gasteiger partial charge on any atom is 0.316 e. The van der Waals surface area contributed by atoms with Gasteiger partial charge in [0.05, 0.1) is 12.8 Å². The maximum atomic E-state index is 10.8. The molecule has 2 amide bonds. The summed E-state index contributed by atoms with van der Waals surface area (Å²) in [6, 6.07) is 0.171. The van der Waals surface area contributed by atoms with E-state index < -0.39 is 0 Å². The van der Waals surface area contributed by atoms with Crippen LogP contribution < -0.4 is 16.0 Å². The summed E-state index contributed by atoms with van der Waals surface area (Å²) >= 11 is 0. The number of aliphatic hydroxyl groups is 1. The lowest BCUT2D eigenvalue weighted by Crippen LogP contribution is -2.39. The lowest BCUT2D eigenvalue weighted by atomic mass is 9.93. The zero-order valence-corrected chi connectivity index (χ0v) is 9.66. The highest BCUT2D eigenvalue weighted by Gasteiger charge is 2.18. The van der Waals surface area contributed by atoms with Crippen molar-refractivity contribution in [1.82, 2.24) is 16.0 Å². The van der Waals surface area contributed by atoms with E-state index >= 15 is 0 Å². The molecular weight excluding hydrogens is 210 g/mol. The quantitative estimate of drug-likeness (QED) is 0.388. The van der Waals surface area contributed by atoms with Crippen molar-refractivity contribution in [3.05, 3.63) is 0 Å². The molecule has 0 radical (unpaired) electrons. The monoisotopic (exact) mass is 231 g/mol. The lowest BCUT2D eigenvalue weighted by molar-refractivity contribution is 0.0753. The molecule has 0 saturated heterocycles. The lowest BCUT2D eigenvalue weighted by Gasteiger charge is -2.26. The van der Waals surface area contributed by atoms with E-state index in [4.69, 9.17) is 4.74 Å². The fourth-order valence-electron chi connectivity index (χ4n) is 1.71. The molecule has 0 atom stereocenters. The average Bonchev–Trinajstić information content (AvgIpc) is 2.31. The molecule has 0 aliphatic heterocycles. The van der Waals surface area contributed by atoms with Crippen LogP contribution in [0.25, 0.3) is 0 Å². The highest BCUT2D eigenvalue weighted by Crippen LogP contribution is 2.17. The van der Waals surface area contributed by atoms with E-state index in [9.17, 15) is 9.90 Å². The number of nitrogens with one attached hydrogen (secondary N) is 3. The molecule has 0 aromatic carbocycles. The van der Waals surface area contributed by atoms with Crippen LogP contribution in [0.5, 0.6) is 0 Å². The molecule has 94 valence electrons. The molecule has 1 fully saturated rings. The van der Waals surface area contributed by atoms with E-state index in [0.29, 0.717) is 12.8 Å². The Kier molecular flexibility index (Phi) is 6.14. The smallest absolute Gasteiger partial charge is 0.316 e. The van der Waals surface area contributed by atoms with Gasteiger partial charge >= 0.3 is 6.03 Å². The fraction of sp³-hybridized carbons (Fsp3) is 0.900. The minimum absolute atomic E-state index is 0.131. The molecular formula is C10H21N3O3. The normalized spacial score (nSPS) is 25.1. The van der Waals surface area contributed by atoms with Crippen molar-refractivity contribution in [2.75, 3.05) is 20.5 Å². The molecule has 1 aliphatic rings. The van der Waals surface area contributed by atoms with Crippen LogP contribution in [0.2, 0.25) is 0 Å². The number of urea groups is 1. The van der Waals surface area contributed by atoms with Crippen molar-refractivity contribution in [1.29, 1.82) is 0 Å². The fourth-order valence-corrected chi connectivity index (χ4v) is 1.71. The Bertz CT molecular complexity index is 205. The van der Waals surface area contributed by atoms with Crippen molar-refractivity contribution in [2.45, 2.75) is 37.8 Å². The molecule has 6 nitrogen and oxygen atoms in total. The summed E-state index contributed by atoms with van der Waals surface area (Å²) < 4.78 is 5.19. The van der Waals surface area contributed by atoms with Gasteiger partial charge in [0.1, 0.15) is 6.73 Å². The number of aliphatic hydroxyl groups excluding tert-OH is 1. The van der Waals surface area contributed by atoms with Crippen molar-refractivity contribution in [3.63, 3.8) is 0 Å². The third-order valence-corrected chi connectivity index (χ3v) is 2.73. The molecule has 0 aromatic heterocycles. The predicted octanol–water partition coefficient (Wildman–Crippen LogP) is -0.260. The van der Waals surface area contributed by atoms with E-state index in [1.165, 1.54) is 0 Å². The largest absolute Gasteiger partial charge is 0.393 e. The van der Waals surface area contributed by atoms with Gasteiger partial charge in [0.25, 0.3) is 0 Å². The van der Waals surface area contributed by atoms with Crippen molar-refractivity contribution in [2.24, 2.45) is 0 Å². The number of ether oxygens (including phenoxy) is 1. The van der Waals surface area contributed by atoms with Crippen molar-refractivity contribution < 1.29 is 14.6 Å². The average molecular weight is 231 g/mol. The number of rotatable bonds is 5. The first-order chi connectivity index (χ1) is 7.72. The molecule has 6 heteroatoms. The zero-order valence-electron chi connectivity index (χ0n) is 9.66. The van der Waals surface area contributed by atoms with E-state index in [1.54, 1.807) is 7.05 Å². The van der Waals surface area contributed by atoms with E-state index in [0.717, 1.165) is 25.7 Å². The van der Waals surface area contributed by atoms with Gasteiger partial charge in [-0.25, -0.2) is 4.79 Å². The van der Waals surface area contributed by atoms with Crippen LogP contribution in [0, 0.1) is 0 Å². The first-order valence-corrected chi connectivity index (χ1v) is 5.67. The van der Waals surface area contributed by atoms with Crippen LogP contribution in [-0.4, -0.2) is 43.8 Å². The summed E-state index contributed by atoms with van der Waals surface area (Å²) in [5, 5.41) is 17.5. The first kappa shape index (κ1) is 13.2. The van der Waals surface area contributed by atoms with Crippen LogP contribution in [0.4, 0.5) is 4.79 Å². The van der Waals surface area contributed by atoms with Crippen LogP contribution in [0.15, 0.2) is 0 Å². The van der Waals surface area contributed by atoms with Gasteiger partial charge < -0.3 is 20.5 Å². The first-order valence-electron chi connectivity index (χ1n) is 5.67. The molecule has 16 heavy (non-hydrogen) atoms. The predicted molar refractivity (Wildman–Crippen MR) is 59.8 cm³/mol. The number of hydrogen-bond donors (Lipinski definition) is 4. The van der Waals surface area contributed by atoms with Gasteiger partial charge in [-0.1, -0.05) is 0 Å². The van der Waals surface area contributed by atoms with Gasteiger partial charge in [-0.3, -0.25) is 5.32 Å². The molecule has 0 bridgehead atoms. The SMILES string of the molecule is CNC(=O)NCOCNC1CCC(O)CC1. The number of hydrogen-bond acceptors (Lipinski definition) is 4. The Hall–Kier alpha value is -0.850. The zero-order chi connectivity index (χ0) is 11.8. The molecule has 1 rings (SSSR count). The molecule has 0 unspecified atom stereocenters. The van der Waals surface area contributed by atoms with E-state index in [-0.39, 0.29) is 18.9 Å². The van der Waals surface area contributed by atoms with Gasteiger partial charge in [0.2, 0.25) is 0 Å². The van der Waals surface area contributed by atoms with Gasteiger partial charge in [-0.2, -0.15) is 0 Å². The molecule has 1 aliphatic carbocycles. The Morgan fingerprint density at radius 1 is 1.31 bits per heavy atom. The van der Waals surface area contributed by atoms with Crippen molar-refractivity contribution in [3.8, 4) is 0 Å². The third kappa shape index (κ3) is 5.29. The second kappa shape index (κ2) is 7.43. The number of carbonyl (C=O) groups excluding carboxylic acids is 1. The van der Waals surface area contributed by atoms with Gasteiger partial charge in [-0.05, 0) is 25.7 Å². The van der Waals surface area contributed by atoms with Crippen LogP contribution in [0.3, 0.4) is 0 Å². The number of carbonyl (C=O) groups is 1. The topological polar surface area (TPSA) is 82.6 Å². The highest BCUT2D eigenvalue weighted by molar-refractivity contribution is 5.73. The van der Waals surface area contributed by atoms with Crippen LogP contribution in [-0.2, 0) is 4.74 Å². The Morgan fingerprint density at radius 2 is 2.00 bits per heavy atom. The summed E-state index contributed by atoms with van der Waals surface area (Å²) in [4.78, 5) is 10.8. The van der Waals surface area contributed by atoms with Crippen molar-refractivity contribution >= 4 is 6.03 Å². The molecule has 0 aromatic rings. The minimum atomic E-state index is -0.249. The second-order valence-electron chi connectivity index (χ2n) is 3.96.